The molecule has 1 N–H and O–H groups in total. The highest BCUT2D eigenvalue weighted by Crippen LogP contribution is 2.16. The summed E-state index contributed by atoms with van der Waals surface area (Å²) in [5, 5.41) is 11.6. The molecule has 0 aliphatic rings. The molecule has 0 fully saturated rings. The van der Waals surface area contributed by atoms with Gasteiger partial charge in [0.2, 0.25) is 0 Å². The highest BCUT2D eigenvalue weighted by Gasteiger charge is 2.14. The Balaban J connectivity index is 2.73. The monoisotopic (exact) mass is 232 g/mol. The van der Waals surface area contributed by atoms with Crippen LogP contribution in [0.1, 0.15) is 37.9 Å². The second-order valence-electron chi connectivity index (χ2n) is 4.02. The summed E-state index contributed by atoms with van der Waals surface area (Å²) in [5.74, 6) is 0. The van der Waals surface area contributed by atoms with Crippen LogP contribution in [0.2, 0.25) is 0 Å². The van der Waals surface area contributed by atoms with Crippen LogP contribution < -0.4 is 5.32 Å². The number of hydrogen-bond acceptors (Lipinski definition) is 3. The van der Waals surface area contributed by atoms with Gasteiger partial charge in [0.15, 0.2) is 0 Å². The first-order chi connectivity index (χ1) is 8.04. The highest BCUT2D eigenvalue weighted by molar-refractivity contribution is 5.68. The predicted molar refractivity (Wildman–Crippen MR) is 64.3 cm³/mol. The van der Waals surface area contributed by atoms with Gasteiger partial charge in [0, 0.05) is 0 Å². The molecule has 1 unspecified atom stereocenters. The van der Waals surface area contributed by atoms with E-state index in [1.807, 2.05) is 19.1 Å². The van der Waals surface area contributed by atoms with Crippen molar-refractivity contribution in [3.63, 3.8) is 0 Å². The number of benzene rings is 1. The molecule has 0 aliphatic heterocycles. The largest absolute Gasteiger partial charge is 0.447 e. The Kier molecular flexibility index (Phi) is 4.53. The second-order valence-corrected chi connectivity index (χ2v) is 4.02. The summed E-state index contributed by atoms with van der Waals surface area (Å²) < 4.78 is 4.98. The number of carbonyl (C=O) groups excluding carboxylic acids is 1. The fourth-order valence-corrected chi connectivity index (χ4v) is 1.48. The number of nitrogens with one attached hydrogen (secondary N) is 1. The number of nitriles is 1. The number of nitrogens with zero attached hydrogens (tertiary/aromatic N) is 1. The Morgan fingerprint density at radius 3 is 2.59 bits per heavy atom. The van der Waals surface area contributed by atoms with E-state index in [1.165, 1.54) is 0 Å². The van der Waals surface area contributed by atoms with Crippen LogP contribution in [0.25, 0.3) is 0 Å². The summed E-state index contributed by atoms with van der Waals surface area (Å²) in [6.45, 7) is 5.39. The molecule has 1 aromatic carbocycles. The lowest BCUT2D eigenvalue weighted by molar-refractivity contribution is 0.113. The molecule has 0 spiro atoms. The van der Waals surface area contributed by atoms with Gasteiger partial charge in [0.05, 0.1) is 23.8 Å². The topological polar surface area (TPSA) is 62.1 Å². The molecule has 0 radical (unpaired) electrons. The van der Waals surface area contributed by atoms with Crippen LogP contribution in [-0.4, -0.2) is 12.2 Å². The average molecular weight is 232 g/mol. The number of rotatable bonds is 3. The Morgan fingerprint density at radius 1 is 1.35 bits per heavy atom. The fraction of sp³-hybridized carbons (Fsp3) is 0.385. The van der Waals surface area contributed by atoms with Crippen molar-refractivity contribution in [2.75, 3.05) is 0 Å². The molecule has 0 bridgehead atoms. The van der Waals surface area contributed by atoms with Crippen LogP contribution in [0.4, 0.5) is 4.79 Å². The van der Waals surface area contributed by atoms with Crippen molar-refractivity contribution in [2.45, 2.75) is 32.9 Å². The lowest BCUT2D eigenvalue weighted by Gasteiger charge is -2.16. The predicted octanol–water partition coefficient (Wildman–Crippen LogP) is 2.75. The zero-order valence-corrected chi connectivity index (χ0v) is 10.2. The SMILES string of the molecule is CC(C)OC(=O)NC(C)c1ccccc1C#N. The van der Waals surface area contributed by atoms with Crippen molar-refractivity contribution in [1.82, 2.24) is 5.32 Å². The van der Waals surface area contributed by atoms with Crippen molar-refractivity contribution < 1.29 is 9.53 Å². The van der Waals surface area contributed by atoms with Crippen molar-refractivity contribution in [1.29, 1.82) is 5.26 Å². The summed E-state index contributed by atoms with van der Waals surface area (Å²) in [6.07, 6.45) is -0.631. The van der Waals surface area contributed by atoms with E-state index in [4.69, 9.17) is 10.00 Å². The first-order valence-electron chi connectivity index (χ1n) is 5.50. The van der Waals surface area contributed by atoms with Crippen LogP contribution >= 0.6 is 0 Å². The summed E-state index contributed by atoms with van der Waals surface area (Å²) in [5.41, 5.74) is 1.35. The van der Waals surface area contributed by atoms with E-state index in [1.54, 1.807) is 26.0 Å². The lowest BCUT2D eigenvalue weighted by atomic mass is 10.0. The maximum Gasteiger partial charge on any atom is 0.407 e. The van der Waals surface area contributed by atoms with E-state index in [0.717, 1.165) is 5.56 Å². The highest BCUT2D eigenvalue weighted by atomic mass is 16.6. The molecule has 1 aromatic rings. The van der Waals surface area contributed by atoms with Gasteiger partial charge in [0.25, 0.3) is 0 Å². The van der Waals surface area contributed by atoms with Gasteiger partial charge in [-0.15, -0.1) is 0 Å². The van der Waals surface area contributed by atoms with E-state index in [-0.39, 0.29) is 12.1 Å². The minimum atomic E-state index is -0.472. The Hall–Kier alpha value is -2.02. The molecule has 17 heavy (non-hydrogen) atoms. The maximum absolute atomic E-state index is 11.4. The zero-order chi connectivity index (χ0) is 12.8. The molecule has 1 rings (SSSR count). The zero-order valence-electron chi connectivity index (χ0n) is 10.2. The third kappa shape index (κ3) is 3.80. The average Bonchev–Trinajstić information content (AvgIpc) is 2.27. The summed E-state index contributed by atoms with van der Waals surface area (Å²) in [6, 6.07) is 9.02. The lowest BCUT2D eigenvalue weighted by Crippen LogP contribution is -2.29. The van der Waals surface area contributed by atoms with E-state index >= 15 is 0 Å². The molecule has 0 saturated carbocycles. The third-order valence-corrected chi connectivity index (χ3v) is 2.22. The van der Waals surface area contributed by atoms with E-state index in [9.17, 15) is 4.79 Å². The van der Waals surface area contributed by atoms with Crippen molar-refractivity contribution in [3.05, 3.63) is 35.4 Å². The van der Waals surface area contributed by atoms with Gasteiger partial charge in [0.1, 0.15) is 0 Å². The fourth-order valence-electron chi connectivity index (χ4n) is 1.48. The van der Waals surface area contributed by atoms with Gasteiger partial charge in [-0.2, -0.15) is 5.26 Å². The van der Waals surface area contributed by atoms with Crippen molar-refractivity contribution >= 4 is 6.09 Å². The Bertz CT molecular complexity index is 435. The van der Waals surface area contributed by atoms with Gasteiger partial charge >= 0.3 is 6.09 Å². The molecule has 1 atom stereocenters. The number of amides is 1. The molecule has 1 amide bonds. The van der Waals surface area contributed by atoms with Crippen LogP contribution in [0, 0.1) is 11.3 Å². The number of alkyl carbamates (subject to hydrolysis) is 1. The second kappa shape index (κ2) is 5.90. The summed E-state index contributed by atoms with van der Waals surface area (Å²) >= 11 is 0. The Labute approximate surface area is 101 Å². The van der Waals surface area contributed by atoms with Gasteiger partial charge in [-0.25, -0.2) is 4.79 Å². The summed E-state index contributed by atoms with van der Waals surface area (Å²) in [4.78, 5) is 11.4. The van der Waals surface area contributed by atoms with Crippen LogP contribution in [0.5, 0.6) is 0 Å². The van der Waals surface area contributed by atoms with Gasteiger partial charge in [-0.3, -0.25) is 0 Å². The minimum absolute atomic E-state index is 0.159. The third-order valence-electron chi connectivity index (χ3n) is 2.22. The van der Waals surface area contributed by atoms with Crippen molar-refractivity contribution in [3.8, 4) is 6.07 Å². The molecule has 0 heterocycles. The van der Waals surface area contributed by atoms with Crippen LogP contribution in [0.15, 0.2) is 24.3 Å². The van der Waals surface area contributed by atoms with Gasteiger partial charge in [-0.1, -0.05) is 18.2 Å². The van der Waals surface area contributed by atoms with Crippen LogP contribution in [-0.2, 0) is 4.74 Å². The smallest absolute Gasteiger partial charge is 0.407 e. The van der Waals surface area contributed by atoms with E-state index < -0.39 is 6.09 Å². The van der Waals surface area contributed by atoms with Crippen LogP contribution in [0.3, 0.4) is 0 Å². The molecule has 4 heteroatoms. The number of carbonyl (C=O) groups is 1. The standard InChI is InChI=1S/C13H16N2O2/c1-9(2)17-13(16)15-10(3)12-7-5-4-6-11(12)8-14/h4-7,9-10H,1-3H3,(H,15,16). The number of ether oxygens (including phenoxy) is 1. The first-order valence-corrected chi connectivity index (χ1v) is 5.50. The maximum atomic E-state index is 11.4. The quantitative estimate of drug-likeness (QED) is 0.871. The normalized spacial score (nSPS) is 11.7. The van der Waals surface area contributed by atoms with Gasteiger partial charge < -0.3 is 10.1 Å². The molecule has 0 saturated heterocycles. The van der Waals surface area contributed by atoms with E-state index in [0.29, 0.717) is 5.56 Å². The first kappa shape index (κ1) is 13.0. The minimum Gasteiger partial charge on any atom is -0.447 e. The molecular weight excluding hydrogens is 216 g/mol. The number of hydrogen-bond donors (Lipinski definition) is 1. The molecule has 4 nitrogen and oxygen atoms in total. The van der Waals surface area contributed by atoms with Gasteiger partial charge in [-0.05, 0) is 32.4 Å². The van der Waals surface area contributed by atoms with Crippen molar-refractivity contribution in [2.24, 2.45) is 0 Å². The molecule has 0 aromatic heterocycles. The molecule has 90 valence electrons. The summed E-state index contributed by atoms with van der Waals surface area (Å²) in [7, 11) is 0. The van der Waals surface area contributed by atoms with E-state index in [2.05, 4.69) is 11.4 Å². The molecule has 0 aliphatic carbocycles. The molecular formula is C13H16N2O2. The Morgan fingerprint density at radius 2 is 2.00 bits per heavy atom.